The van der Waals surface area contributed by atoms with Crippen LogP contribution in [-0.4, -0.2) is 11.6 Å². The molecule has 0 radical (unpaired) electrons. The second-order valence-corrected chi connectivity index (χ2v) is 10.2. The van der Waals surface area contributed by atoms with E-state index in [1.807, 2.05) is 78.7 Å². The lowest BCUT2D eigenvalue weighted by atomic mass is 10.1. The Kier molecular flexibility index (Phi) is 6.87. The van der Waals surface area contributed by atoms with Crippen LogP contribution in [0.5, 0.6) is 0 Å². The Labute approximate surface area is 197 Å². The highest BCUT2D eigenvalue weighted by Crippen LogP contribution is 2.32. The van der Waals surface area contributed by atoms with Crippen molar-refractivity contribution in [2.45, 2.75) is 23.6 Å². The van der Waals surface area contributed by atoms with Crippen LogP contribution in [0.4, 0.5) is 5.69 Å². The number of hydrogen-bond acceptors (Lipinski definition) is 3. The average molecular weight is 453 g/mol. The lowest BCUT2D eigenvalue weighted by Gasteiger charge is -2.26. The monoisotopic (exact) mass is 452 g/mol. The van der Waals surface area contributed by atoms with E-state index in [1.54, 1.807) is 0 Å². The molecule has 0 atom stereocenters. The number of benzene rings is 4. The Bertz CT molecular complexity index is 1240. The quantitative estimate of drug-likeness (QED) is 0.287. The van der Waals surface area contributed by atoms with Crippen LogP contribution in [0.2, 0.25) is 0 Å². The largest absolute Gasteiger partial charge is 0.622 e. The van der Waals surface area contributed by atoms with E-state index in [9.17, 15) is 4.55 Å². The van der Waals surface area contributed by atoms with E-state index >= 15 is 0 Å². The van der Waals surface area contributed by atoms with E-state index in [2.05, 4.69) is 62.4 Å². The smallest absolute Gasteiger partial charge is 0.180 e. The van der Waals surface area contributed by atoms with Gasteiger partial charge < -0.3 is 9.45 Å². The van der Waals surface area contributed by atoms with Crippen LogP contribution in [0, 0.1) is 13.8 Å². The van der Waals surface area contributed by atoms with Gasteiger partial charge in [0.05, 0.1) is 0 Å². The summed E-state index contributed by atoms with van der Waals surface area (Å²) in [5, 5.41) is 0. The first kappa shape index (κ1) is 22.7. The molecule has 0 amide bonds. The number of nitrogens with zero attached hydrogens (tertiary/aromatic N) is 2. The van der Waals surface area contributed by atoms with Crippen molar-refractivity contribution in [3.05, 3.63) is 132 Å². The zero-order valence-electron chi connectivity index (χ0n) is 19.2. The summed E-state index contributed by atoms with van der Waals surface area (Å²) >= 11 is 0. The highest BCUT2D eigenvalue weighted by atomic mass is 32.3. The van der Waals surface area contributed by atoms with Crippen molar-refractivity contribution in [1.82, 2.24) is 0 Å². The highest BCUT2D eigenvalue weighted by molar-refractivity contribution is 8.00. The molecule has 4 aromatic carbocycles. The molecule has 0 unspecified atom stereocenters. The highest BCUT2D eigenvalue weighted by Gasteiger charge is 2.23. The maximum Gasteiger partial charge on any atom is 0.180 e. The predicted molar refractivity (Wildman–Crippen MR) is 139 cm³/mol. The van der Waals surface area contributed by atoms with Crippen molar-refractivity contribution in [1.29, 1.82) is 0 Å². The normalized spacial score (nSPS) is 11.8. The van der Waals surface area contributed by atoms with Crippen LogP contribution in [-0.2, 0) is 10.1 Å². The molecule has 3 nitrogen and oxygen atoms in total. The summed E-state index contributed by atoms with van der Waals surface area (Å²) in [6.45, 7) is 4.13. The summed E-state index contributed by atoms with van der Waals surface area (Å²) in [4.78, 5) is 3.36. The molecule has 0 bridgehead atoms. The van der Waals surface area contributed by atoms with Crippen LogP contribution in [0.1, 0.15) is 16.7 Å². The Hall–Kier alpha value is -3.47. The molecular weight excluding hydrogens is 424 g/mol. The molecule has 4 rings (SSSR count). The standard InChI is InChI=1S/C29H28N2OS/c1-23-14-18-25(19-15-23)22-29(31(3)26-20-16-24(2)17-21-26)30-33(32,27-10-6-4-7-11-27)28-12-8-5-9-13-28/h4-22H,1-3H3/b29-22+. The van der Waals surface area contributed by atoms with Crippen LogP contribution >= 0.6 is 0 Å². The first-order valence-electron chi connectivity index (χ1n) is 10.9. The number of rotatable bonds is 6. The van der Waals surface area contributed by atoms with Crippen molar-refractivity contribution >= 4 is 21.9 Å². The van der Waals surface area contributed by atoms with Crippen molar-refractivity contribution in [3.63, 3.8) is 0 Å². The minimum Gasteiger partial charge on any atom is -0.622 e. The van der Waals surface area contributed by atoms with Gasteiger partial charge in [0.1, 0.15) is 9.79 Å². The van der Waals surface area contributed by atoms with Crippen molar-refractivity contribution in [3.8, 4) is 0 Å². The fourth-order valence-electron chi connectivity index (χ4n) is 3.48. The molecule has 4 aromatic rings. The minimum atomic E-state index is -2.92. The summed E-state index contributed by atoms with van der Waals surface area (Å²) in [6.07, 6.45) is 1.99. The van der Waals surface area contributed by atoms with Crippen molar-refractivity contribution in [2.24, 2.45) is 4.36 Å². The van der Waals surface area contributed by atoms with Gasteiger partial charge in [-0.3, -0.25) is 0 Å². The van der Waals surface area contributed by atoms with Crippen LogP contribution in [0.15, 0.2) is 129 Å². The van der Waals surface area contributed by atoms with Gasteiger partial charge in [-0.15, -0.1) is 0 Å². The van der Waals surface area contributed by atoms with Gasteiger partial charge in [-0.2, -0.15) is 0 Å². The fraction of sp³-hybridized carbons (Fsp3) is 0.103. The molecule has 0 aliphatic carbocycles. The molecule has 0 aromatic heterocycles. The molecular formula is C29H28N2OS. The Morgan fingerprint density at radius 1 is 0.697 bits per heavy atom. The fourth-order valence-corrected chi connectivity index (χ4v) is 5.45. The van der Waals surface area contributed by atoms with E-state index in [1.165, 1.54) is 11.1 Å². The van der Waals surface area contributed by atoms with Gasteiger partial charge in [0.2, 0.25) is 0 Å². The predicted octanol–water partition coefficient (Wildman–Crippen LogP) is 7.32. The third-order valence-electron chi connectivity index (χ3n) is 5.49. The Morgan fingerprint density at radius 3 is 1.64 bits per heavy atom. The summed E-state index contributed by atoms with van der Waals surface area (Å²) in [6, 6.07) is 35.5. The molecule has 0 saturated heterocycles. The zero-order chi connectivity index (χ0) is 23.3. The van der Waals surface area contributed by atoms with Crippen LogP contribution < -0.4 is 4.90 Å². The zero-order valence-corrected chi connectivity index (χ0v) is 20.0. The van der Waals surface area contributed by atoms with E-state index < -0.39 is 10.1 Å². The molecule has 0 fully saturated rings. The summed E-state index contributed by atoms with van der Waals surface area (Å²) in [5.74, 6) is 0.625. The molecule has 0 N–H and O–H groups in total. The third kappa shape index (κ3) is 5.30. The SMILES string of the molecule is Cc1ccc(/C=C(\N=[S+]([O-])(c2ccccc2)c2ccccc2)N(C)c2ccc(C)cc2)cc1. The van der Waals surface area contributed by atoms with E-state index in [0.29, 0.717) is 15.6 Å². The number of hydrogen-bond donors (Lipinski definition) is 0. The molecule has 0 heterocycles. The first-order chi connectivity index (χ1) is 16.0. The third-order valence-corrected chi connectivity index (χ3v) is 7.75. The molecule has 0 aliphatic heterocycles. The van der Waals surface area contributed by atoms with Gasteiger partial charge in [-0.25, -0.2) is 0 Å². The number of anilines is 1. The van der Waals surface area contributed by atoms with E-state index in [-0.39, 0.29) is 0 Å². The maximum absolute atomic E-state index is 14.6. The summed E-state index contributed by atoms with van der Waals surface area (Å²) in [7, 11) is -0.958. The maximum atomic E-state index is 14.6. The Balaban J connectivity index is 1.94. The topological polar surface area (TPSA) is 38.7 Å². The average Bonchev–Trinajstić information content (AvgIpc) is 2.86. The lowest BCUT2D eigenvalue weighted by molar-refractivity contribution is 0.583. The first-order valence-corrected chi connectivity index (χ1v) is 12.4. The van der Waals surface area contributed by atoms with Crippen LogP contribution in [0.25, 0.3) is 6.08 Å². The van der Waals surface area contributed by atoms with E-state index in [0.717, 1.165) is 11.3 Å². The molecule has 0 spiro atoms. The Morgan fingerprint density at radius 2 is 1.15 bits per heavy atom. The lowest BCUT2D eigenvalue weighted by Crippen LogP contribution is -2.20. The van der Waals surface area contributed by atoms with Gasteiger partial charge in [0, 0.05) is 12.7 Å². The minimum absolute atomic E-state index is 0.625. The second-order valence-electron chi connectivity index (χ2n) is 8.05. The van der Waals surface area contributed by atoms with Crippen molar-refractivity contribution in [2.75, 3.05) is 11.9 Å². The van der Waals surface area contributed by atoms with Gasteiger partial charge >= 0.3 is 0 Å². The number of aryl methyl sites for hydroxylation is 2. The van der Waals surface area contributed by atoms with Crippen molar-refractivity contribution < 1.29 is 4.55 Å². The summed E-state index contributed by atoms with van der Waals surface area (Å²) in [5.41, 5.74) is 4.35. The van der Waals surface area contributed by atoms with Crippen LogP contribution in [0.3, 0.4) is 0 Å². The second kappa shape index (κ2) is 9.99. The molecule has 166 valence electrons. The van der Waals surface area contributed by atoms with Gasteiger partial charge in [0.15, 0.2) is 5.82 Å². The molecule has 0 aliphatic rings. The molecule has 4 heteroatoms. The van der Waals surface area contributed by atoms with Gasteiger partial charge in [-0.1, -0.05) is 88.3 Å². The van der Waals surface area contributed by atoms with Gasteiger partial charge in [-0.05, 0) is 72.0 Å². The van der Waals surface area contributed by atoms with Gasteiger partial charge in [0.25, 0.3) is 0 Å². The summed E-state index contributed by atoms with van der Waals surface area (Å²) < 4.78 is 19.6. The molecule has 0 saturated carbocycles. The molecule has 33 heavy (non-hydrogen) atoms. The van der Waals surface area contributed by atoms with E-state index in [4.69, 9.17) is 4.36 Å².